The highest BCUT2D eigenvalue weighted by Crippen LogP contribution is 2.43. The van der Waals surface area contributed by atoms with Crippen molar-refractivity contribution in [2.24, 2.45) is 0 Å². The summed E-state index contributed by atoms with van der Waals surface area (Å²) in [5.74, 6) is -0.350. The lowest BCUT2D eigenvalue weighted by Crippen LogP contribution is -2.37. The Morgan fingerprint density at radius 1 is 0.585 bits per heavy atom. The Balaban J connectivity index is 4.39. The fourth-order valence-corrected chi connectivity index (χ4v) is 5.59. The molecule has 0 aliphatic rings. The summed E-state index contributed by atoms with van der Waals surface area (Å²) < 4.78 is 34.9. The number of phosphoric ester groups is 1. The standard InChI is InChI=1S/C44H76NO7P/c1-6-8-10-12-14-16-18-20-22-23-24-25-27-29-31-33-35-37-44(46)52-43(42-51-53(47,48)50-40-38-45(3,4)5)41-49-39-36-34-32-30-28-26-21-19-17-15-13-11-9-7-2/h8-11,14-17,20-22,24-26,43H,6-7,12-13,18-19,23,27-42H2,1-5H3/p+1/b10-8-,11-9-,16-14-,17-15-,22-20-,25-24-,26-21-. The summed E-state index contributed by atoms with van der Waals surface area (Å²) in [6, 6.07) is 0. The van der Waals surface area contributed by atoms with Gasteiger partial charge in [-0.3, -0.25) is 13.8 Å². The molecule has 0 aliphatic heterocycles. The van der Waals surface area contributed by atoms with Gasteiger partial charge in [-0.2, -0.15) is 0 Å². The Morgan fingerprint density at radius 2 is 1.04 bits per heavy atom. The maximum atomic E-state index is 12.7. The highest BCUT2D eigenvalue weighted by molar-refractivity contribution is 7.47. The van der Waals surface area contributed by atoms with Crippen LogP contribution < -0.4 is 0 Å². The van der Waals surface area contributed by atoms with Crippen molar-refractivity contribution >= 4 is 13.8 Å². The van der Waals surface area contributed by atoms with E-state index in [4.69, 9.17) is 18.5 Å². The van der Waals surface area contributed by atoms with E-state index in [-0.39, 0.29) is 32.2 Å². The minimum atomic E-state index is -4.29. The van der Waals surface area contributed by atoms with Crippen LogP contribution in [0, 0.1) is 0 Å². The first-order valence-electron chi connectivity index (χ1n) is 20.3. The zero-order valence-corrected chi connectivity index (χ0v) is 35.1. The van der Waals surface area contributed by atoms with Crippen LogP contribution in [0.25, 0.3) is 0 Å². The van der Waals surface area contributed by atoms with Gasteiger partial charge in [-0.25, -0.2) is 4.57 Å². The van der Waals surface area contributed by atoms with E-state index in [1.807, 2.05) is 21.1 Å². The number of hydrogen-bond acceptors (Lipinski definition) is 6. The maximum Gasteiger partial charge on any atom is 0.472 e. The van der Waals surface area contributed by atoms with Gasteiger partial charge in [0, 0.05) is 13.0 Å². The number of nitrogens with zero attached hydrogens (tertiary/aromatic N) is 1. The molecule has 0 fully saturated rings. The second-order valence-electron chi connectivity index (χ2n) is 14.2. The number of likely N-dealkylation sites (N-methyl/N-ethyl adjacent to an activating group) is 1. The molecule has 0 amide bonds. The third-order valence-corrected chi connectivity index (χ3v) is 8.94. The van der Waals surface area contributed by atoms with E-state index < -0.39 is 13.9 Å². The van der Waals surface area contributed by atoms with Crippen LogP contribution in [0.1, 0.15) is 129 Å². The molecule has 0 saturated carbocycles. The van der Waals surface area contributed by atoms with Crippen LogP contribution in [-0.2, 0) is 27.9 Å². The predicted octanol–water partition coefficient (Wildman–Crippen LogP) is 11.7. The number of quaternary nitrogens is 1. The normalized spacial score (nSPS) is 14.8. The van der Waals surface area contributed by atoms with E-state index in [0.717, 1.165) is 109 Å². The summed E-state index contributed by atoms with van der Waals surface area (Å²) >= 11 is 0. The third-order valence-electron chi connectivity index (χ3n) is 7.95. The average molecular weight is 763 g/mol. The molecule has 0 aromatic carbocycles. The molecule has 1 N–H and O–H groups in total. The van der Waals surface area contributed by atoms with Gasteiger partial charge in [0.25, 0.3) is 0 Å². The van der Waals surface area contributed by atoms with Crippen LogP contribution in [0.4, 0.5) is 0 Å². The van der Waals surface area contributed by atoms with Gasteiger partial charge in [0.2, 0.25) is 0 Å². The molecule has 0 radical (unpaired) electrons. The number of esters is 1. The van der Waals surface area contributed by atoms with E-state index in [1.54, 1.807) is 0 Å². The summed E-state index contributed by atoms with van der Waals surface area (Å²) in [7, 11) is 1.62. The highest BCUT2D eigenvalue weighted by Gasteiger charge is 2.26. The third kappa shape index (κ3) is 40.7. The van der Waals surface area contributed by atoms with E-state index in [1.165, 1.54) is 0 Å². The predicted molar refractivity (Wildman–Crippen MR) is 224 cm³/mol. The van der Waals surface area contributed by atoms with Crippen LogP contribution >= 0.6 is 7.82 Å². The first kappa shape index (κ1) is 50.7. The van der Waals surface area contributed by atoms with E-state index in [9.17, 15) is 14.3 Å². The van der Waals surface area contributed by atoms with Crippen molar-refractivity contribution in [2.75, 3.05) is 54.1 Å². The van der Waals surface area contributed by atoms with E-state index in [0.29, 0.717) is 17.6 Å². The molecule has 0 aromatic rings. The Hall–Kier alpha value is -2.32. The summed E-state index contributed by atoms with van der Waals surface area (Å²) in [5, 5.41) is 0. The molecule has 0 rings (SSSR count). The van der Waals surface area contributed by atoms with Gasteiger partial charge < -0.3 is 18.9 Å². The number of rotatable bonds is 36. The molecular weight excluding hydrogens is 685 g/mol. The molecule has 0 saturated heterocycles. The fourth-order valence-electron chi connectivity index (χ4n) is 4.85. The second kappa shape index (κ2) is 36.6. The Bertz CT molecular complexity index is 1120. The average Bonchev–Trinajstić information content (AvgIpc) is 3.11. The maximum absolute atomic E-state index is 12.7. The number of unbranched alkanes of at least 4 members (excludes halogenated alkanes) is 8. The van der Waals surface area contributed by atoms with Crippen molar-refractivity contribution in [2.45, 2.75) is 136 Å². The van der Waals surface area contributed by atoms with Crippen molar-refractivity contribution in [1.82, 2.24) is 0 Å². The smallest absolute Gasteiger partial charge is 0.457 e. The van der Waals surface area contributed by atoms with Gasteiger partial charge in [0.15, 0.2) is 0 Å². The van der Waals surface area contributed by atoms with Crippen LogP contribution in [0.15, 0.2) is 85.1 Å². The summed E-state index contributed by atoms with van der Waals surface area (Å²) in [5.41, 5.74) is 0. The lowest BCUT2D eigenvalue weighted by molar-refractivity contribution is -0.870. The Labute approximate surface area is 325 Å². The molecule has 53 heavy (non-hydrogen) atoms. The van der Waals surface area contributed by atoms with Crippen LogP contribution in [-0.4, -0.2) is 75.6 Å². The number of allylic oxidation sites excluding steroid dienone is 14. The minimum Gasteiger partial charge on any atom is -0.457 e. The van der Waals surface area contributed by atoms with Gasteiger partial charge in [0.05, 0.1) is 34.4 Å². The molecule has 8 nitrogen and oxygen atoms in total. The molecule has 2 unspecified atom stereocenters. The van der Waals surface area contributed by atoms with Crippen LogP contribution in [0.2, 0.25) is 0 Å². The van der Waals surface area contributed by atoms with E-state index in [2.05, 4.69) is 98.9 Å². The Morgan fingerprint density at radius 3 is 1.53 bits per heavy atom. The lowest BCUT2D eigenvalue weighted by Gasteiger charge is -2.24. The zero-order valence-electron chi connectivity index (χ0n) is 34.2. The molecule has 0 aliphatic carbocycles. The van der Waals surface area contributed by atoms with Crippen molar-refractivity contribution in [1.29, 1.82) is 0 Å². The second-order valence-corrected chi connectivity index (χ2v) is 15.7. The molecular formula is C44H77NO7P+. The number of ether oxygens (including phenoxy) is 2. The van der Waals surface area contributed by atoms with Gasteiger partial charge >= 0.3 is 13.8 Å². The number of carbonyl (C=O) groups is 1. The van der Waals surface area contributed by atoms with Gasteiger partial charge in [-0.05, 0) is 83.5 Å². The van der Waals surface area contributed by atoms with Gasteiger partial charge in [0.1, 0.15) is 19.3 Å². The summed E-state index contributed by atoms with van der Waals surface area (Å²) in [6.07, 6.45) is 47.6. The highest BCUT2D eigenvalue weighted by atomic mass is 31.2. The summed E-state index contributed by atoms with van der Waals surface area (Å²) in [4.78, 5) is 22.8. The topological polar surface area (TPSA) is 91.3 Å². The quantitative estimate of drug-likeness (QED) is 0.0223. The number of hydrogen-bond donors (Lipinski definition) is 1. The Kier molecular flexibility index (Phi) is 35.0. The van der Waals surface area contributed by atoms with E-state index >= 15 is 0 Å². The van der Waals surface area contributed by atoms with Crippen LogP contribution in [0.3, 0.4) is 0 Å². The lowest BCUT2D eigenvalue weighted by atomic mass is 10.1. The van der Waals surface area contributed by atoms with Crippen molar-refractivity contribution < 1.29 is 37.3 Å². The summed E-state index contributed by atoms with van der Waals surface area (Å²) in [6.45, 7) is 5.27. The SMILES string of the molecule is CC/C=C\C/C=C\C/C=C\C/C=C\CCCCCCC(=O)OC(COCCCCCC/C=C\C/C=C\C/C=C\CC)COP(=O)(O)OCC[N+](C)(C)C. The van der Waals surface area contributed by atoms with Crippen molar-refractivity contribution in [3.63, 3.8) is 0 Å². The molecule has 0 aromatic heterocycles. The molecule has 0 heterocycles. The zero-order chi connectivity index (χ0) is 39.1. The first-order chi connectivity index (χ1) is 25.6. The van der Waals surface area contributed by atoms with Crippen molar-refractivity contribution in [3.05, 3.63) is 85.1 Å². The van der Waals surface area contributed by atoms with Gasteiger partial charge in [-0.15, -0.1) is 0 Å². The molecule has 0 spiro atoms. The monoisotopic (exact) mass is 763 g/mol. The minimum absolute atomic E-state index is 0.0737. The molecule has 304 valence electrons. The largest absolute Gasteiger partial charge is 0.472 e. The molecule has 9 heteroatoms. The van der Waals surface area contributed by atoms with Crippen molar-refractivity contribution in [3.8, 4) is 0 Å². The number of carbonyl (C=O) groups excluding carboxylic acids is 1. The van der Waals surface area contributed by atoms with Crippen LogP contribution in [0.5, 0.6) is 0 Å². The number of phosphoric acid groups is 1. The first-order valence-corrected chi connectivity index (χ1v) is 21.8. The molecule has 2 atom stereocenters. The van der Waals surface area contributed by atoms with Gasteiger partial charge in [-0.1, -0.05) is 125 Å². The molecule has 0 bridgehead atoms. The fraction of sp³-hybridized carbons (Fsp3) is 0.659.